The molecule has 2 atom stereocenters. The van der Waals surface area contributed by atoms with Crippen LogP contribution in [0.4, 0.5) is 10.3 Å². The Balaban J connectivity index is 1.67. The molecule has 0 aromatic carbocycles. The van der Waals surface area contributed by atoms with Crippen molar-refractivity contribution in [3.63, 3.8) is 0 Å². The number of nitrogens with one attached hydrogen (secondary N) is 1. The molecule has 26 heavy (non-hydrogen) atoms. The lowest BCUT2D eigenvalue weighted by atomic mass is 10.0. The van der Waals surface area contributed by atoms with Crippen molar-refractivity contribution in [2.45, 2.75) is 12.5 Å². The van der Waals surface area contributed by atoms with Gasteiger partial charge in [0.25, 0.3) is 0 Å². The molecule has 0 radical (unpaired) electrons. The average Bonchev–Trinajstić information content (AvgIpc) is 3.14. The maximum atomic E-state index is 13.2. The second-order valence-corrected chi connectivity index (χ2v) is 7.74. The van der Waals surface area contributed by atoms with E-state index in [9.17, 15) is 12.8 Å². The molecule has 0 aliphatic carbocycles. The molecule has 1 aliphatic heterocycles. The second-order valence-electron chi connectivity index (χ2n) is 5.97. The van der Waals surface area contributed by atoms with Gasteiger partial charge in [-0.3, -0.25) is 9.71 Å². The molecule has 3 heterocycles. The Bertz CT molecular complexity index is 842. The van der Waals surface area contributed by atoms with E-state index in [-0.39, 0.29) is 17.6 Å². The number of halogens is 1. The van der Waals surface area contributed by atoms with Crippen molar-refractivity contribution < 1.29 is 22.3 Å². The summed E-state index contributed by atoms with van der Waals surface area (Å²) in [5.41, 5.74) is 1.03. The van der Waals surface area contributed by atoms with Crippen LogP contribution < -0.4 is 4.72 Å². The van der Waals surface area contributed by atoms with Gasteiger partial charge in [0.1, 0.15) is 5.82 Å². The lowest BCUT2D eigenvalue weighted by molar-refractivity contribution is 0.0612. The first kappa shape index (κ1) is 18.6. The van der Waals surface area contributed by atoms with Crippen LogP contribution in [0, 0.1) is 11.7 Å². The Morgan fingerprint density at radius 2 is 2.08 bits per heavy atom. The van der Waals surface area contributed by atoms with Gasteiger partial charge >= 0.3 is 0 Å². The fourth-order valence-corrected chi connectivity index (χ4v) is 4.05. The van der Waals surface area contributed by atoms with Gasteiger partial charge in [-0.05, 0) is 12.5 Å². The van der Waals surface area contributed by atoms with E-state index in [1.165, 1.54) is 31.8 Å². The van der Waals surface area contributed by atoms with Gasteiger partial charge in [0.15, 0.2) is 0 Å². The first-order valence-corrected chi connectivity index (χ1v) is 9.66. The summed E-state index contributed by atoms with van der Waals surface area (Å²) in [6.45, 7) is 1.10. The van der Waals surface area contributed by atoms with Crippen molar-refractivity contribution in [2.75, 3.05) is 30.8 Å². The number of hydrogen-bond donors (Lipinski definition) is 1. The molecule has 0 spiro atoms. The monoisotopic (exact) mass is 382 g/mol. The lowest BCUT2D eigenvalue weighted by Crippen LogP contribution is -2.34. The van der Waals surface area contributed by atoms with E-state index in [1.807, 2.05) is 0 Å². The lowest BCUT2D eigenvalue weighted by Gasteiger charge is -2.20. The van der Waals surface area contributed by atoms with Crippen molar-refractivity contribution in [3.8, 4) is 11.1 Å². The topological polar surface area (TPSA) is 103 Å². The number of sulfonamides is 1. The maximum Gasteiger partial charge on any atom is 0.237 e. The normalized spacial score (nSPS) is 18.6. The first-order chi connectivity index (χ1) is 12.5. The summed E-state index contributed by atoms with van der Waals surface area (Å²) in [6.07, 6.45) is 5.67. The van der Waals surface area contributed by atoms with Crippen LogP contribution in [-0.4, -0.2) is 55.6 Å². The number of anilines is 1. The smallest absolute Gasteiger partial charge is 0.237 e. The average molecular weight is 382 g/mol. The fourth-order valence-electron chi connectivity index (χ4n) is 2.74. The minimum absolute atomic E-state index is 0.0420. The number of hydrogen-bond acceptors (Lipinski definition) is 7. The SMILES string of the molecule is COC(CS(=O)(=O)Nc1ncc(-c2cncc(F)c2)cn1)C1CCOC1. The Hall–Kier alpha value is -2.17. The fraction of sp³-hybridized carbons (Fsp3) is 0.438. The van der Waals surface area contributed by atoms with Gasteiger partial charge in [-0.1, -0.05) is 0 Å². The largest absolute Gasteiger partial charge is 0.381 e. The van der Waals surface area contributed by atoms with Gasteiger partial charge in [-0.2, -0.15) is 0 Å². The third-order valence-corrected chi connectivity index (χ3v) is 5.37. The highest BCUT2D eigenvalue weighted by Gasteiger charge is 2.30. The van der Waals surface area contributed by atoms with Gasteiger partial charge in [-0.25, -0.2) is 22.8 Å². The van der Waals surface area contributed by atoms with Crippen LogP contribution in [0.25, 0.3) is 11.1 Å². The molecule has 2 unspecified atom stereocenters. The van der Waals surface area contributed by atoms with Crippen molar-refractivity contribution in [2.24, 2.45) is 5.92 Å². The molecule has 1 aliphatic rings. The zero-order valence-electron chi connectivity index (χ0n) is 14.1. The van der Waals surface area contributed by atoms with Crippen LogP contribution in [0.3, 0.4) is 0 Å². The number of pyridine rings is 1. The van der Waals surface area contributed by atoms with Gasteiger partial charge in [0, 0.05) is 49.4 Å². The molecule has 10 heteroatoms. The zero-order valence-corrected chi connectivity index (χ0v) is 14.9. The first-order valence-electron chi connectivity index (χ1n) is 8.01. The molecular weight excluding hydrogens is 363 g/mol. The highest BCUT2D eigenvalue weighted by Crippen LogP contribution is 2.21. The molecule has 140 valence electrons. The quantitative estimate of drug-likeness (QED) is 0.773. The third kappa shape index (κ3) is 4.71. The Labute approximate surface area is 150 Å². The van der Waals surface area contributed by atoms with Crippen LogP contribution in [0.2, 0.25) is 0 Å². The molecular formula is C16H19FN4O4S. The standard InChI is InChI=1S/C16H19FN4O4S/c1-24-15(11-2-3-25-9-11)10-26(22,23)21-16-19-6-13(7-20-16)12-4-14(17)8-18-5-12/h4-8,11,15H,2-3,9-10H2,1H3,(H,19,20,21). The van der Waals surface area contributed by atoms with Gasteiger partial charge in [0.2, 0.25) is 16.0 Å². The van der Waals surface area contributed by atoms with Crippen LogP contribution in [0.1, 0.15) is 6.42 Å². The molecule has 1 fully saturated rings. The molecule has 2 aromatic heterocycles. The molecule has 0 saturated carbocycles. The van der Waals surface area contributed by atoms with Crippen molar-refractivity contribution >= 4 is 16.0 Å². The number of rotatable bonds is 7. The summed E-state index contributed by atoms with van der Waals surface area (Å²) in [6, 6.07) is 1.29. The van der Waals surface area contributed by atoms with Gasteiger partial charge in [0.05, 0.1) is 24.7 Å². The molecule has 3 rings (SSSR count). The number of nitrogens with zero attached hydrogens (tertiary/aromatic N) is 3. The van der Waals surface area contributed by atoms with E-state index < -0.39 is 21.9 Å². The summed E-state index contributed by atoms with van der Waals surface area (Å²) in [7, 11) is -2.21. The molecule has 1 N–H and O–H groups in total. The molecule has 0 bridgehead atoms. The number of aromatic nitrogens is 3. The molecule has 8 nitrogen and oxygen atoms in total. The van der Waals surface area contributed by atoms with Gasteiger partial charge < -0.3 is 9.47 Å². The van der Waals surface area contributed by atoms with Crippen molar-refractivity contribution in [1.29, 1.82) is 0 Å². The summed E-state index contributed by atoms with van der Waals surface area (Å²) in [4.78, 5) is 11.7. The van der Waals surface area contributed by atoms with Crippen LogP contribution in [0.5, 0.6) is 0 Å². The summed E-state index contributed by atoms with van der Waals surface area (Å²) in [5.74, 6) is -0.707. The minimum atomic E-state index is -3.70. The van der Waals surface area contributed by atoms with Crippen molar-refractivity contribution in [3.05, 3.63) is 36.7 Å². The molecule has 2 aromatic rings. The predicted molar refractivity (Wildman–Crippen MR) is 92.4 cm³/mol. The van der Waals surface area contributed by atoms with E-state index in [0.717, 1.165) is 12.6 Å². The van der Waals surface area contributed by atoms with E-state index in [2.05, 4.69) is 19.7 Å². The van der Waals surface area contributed by atoms with Gasteiger partial charge in [-0.15, -0.1) is 0 Å². The summed E-state index contributed by atoms with van der Waals surface area (Å²) >= 11 is 0. The van der Waals surface area contributed by atoms with Crippen LogP contribution >= 0.6 is 0 Å². The molecule has 0 amide bonds. The molecule has 1 saturated heterocycles. The van der Waals surface area contributed by atoms with Crippen LogP contribution in [0.15, 0.2) is 30.9 Å². The van der Waals surface area contributed by atoms with E-state index >= 15 is 0 Å². The Kier molecular flexibility index (Phi) is 5.74. The summed E-state index contributed by atoms with van der Waals surface area (Å²) < 4.78 is 50.9. The van der Waals surface area contributed by atoms with E-state index in [1.54, 1.807) is 0 Å². The predicted octanol–water partition coefficient (Wildman–Crippen LogP) is 1.47. The van der Waals surface area contributed by atoms with Crippen LogP contribution in [-0.2, 0) is 19.5 Å². The number of methoxy groups -OCH3 is 1. The maximum absolute atomic E-state index is 13.2. The zero-order chi connectivity index (χ0) is 18.6. The minimum Gasteiger partial charge on any atom is -0.381 e. The van der Waals surface area contributed by atoms with E-state index in [0.29, 0.717) is 24.3 Å². The highest BCUT2D eigenvalue weighted by atomic mass is 32.2. The summed E-state index contributed by atoms with van der Waals surface area (Å²) in [5, 5.41) is 0. The highest BCUT2D eigenvalue weighted by molar-refractivity contribution is 7.92. The Morgan fingerprint density at radius 1 is 1.31 bits per heavy atom. The van der Waals surface area contributed by atoms with E-state index in [4.69, 9.17) is 9.47 Å². The Morgan fingerprint density at radius 3 is 2.69 bits per heavy atom. The number of ether oxygens (including phenoxy) is 2. The third-order valence-electron chi connectivity index (χ3n) is 4.11. The van der Waals surface area contributed by atoms with Crippen molar-refractivity contribution in [1.82, 2.24) is 15.0 Å². The second kappa shape index (κ2) is 8.02.